The lowest BCUT2D eigenvalue weighted by molar-refractivity contribution is -0.274. The van der Waals surface area contributed by atoms with E-state index in [4.69, 9.17) is 5.73 Å². The molecule has 1 aromatic heterocycles. The van der Waals surface area contributed by atoms with Gasteiger partial charge in [-0.05, 0) is 23.2 Å². The van der Waals surface area contributed by atoms with Gasteiger partial charge in [-0.25, -0.2) is 0 Å². The van der Waals surface area contributed by atoms with E-state index in [1.807, 2.05) is 0 Å². The van der Waals surface area contributed by atoms with E-state index in [1.165, 1.54) is 23.8 Å². The molecule has 0 bridgehead atoms. The zero-order chi connectivity index (χ0) is 11.7. The number of rotatable bonds is 3. The molecule has 6 heteroatoms. The predicted molar refractivity (Wildman–Crippen MR) is 52.5 cm³/mol. The van der Waals surface area contributed by atoms with Crippen LogP contribution < -0.4 is 5.73 Å². The van der Waals surface area contributed by atoms with E-state index < -0.39 is 17.8 Å². The second-order valence-corrected chi connectivity index (χ2v) is 4.07. The second-order valence-electron chi connectivity index (χ2n) is 3.29. The monoisotopic (exact) mass is 239 g/mol. The minimum Gasteiger partial charge on any atom is -0.375 e. The third-order valence-electron chi connectivity index (χ3n) is 2.37. The lowest BCUT2D eigenvalue weighted by Gasteiger charge is -2.34. The molecule has 0 aliphatic heterocycles. The average Bonchev–Trinajstić information content (AvgIpc) is 2.66. The van der Waals surface area contributed by atoms with E-state index in [2.05, 4.69) is 0 Å². The van der Waals surface area contributed by atoms with Gasteiger partial charge in [-0.1, -0.05) is 6.92 Å². The molecule has 0 aliphatic carbocycles. The SMILES string of the molecule is CCC(N)C(O)(c1ccsc1)C(F)(F)F. The van der Waals surface area contributed by atoms with Crippen molar-refractivity contribution in [1.29, 1.82) is 0 Å². The summed E-state index contributed by atoms with van der Waals surface area (Å²) in [5.74, 6) is 0. The van der Waals surface area contributed by atoms with E-state index in [-0.39, 0.29) is 12.0 Å². The van der Waals surface area contributed by atoms with E-state index in [0.717, 1.165) is 11.3 Å². The maximum absolute atomic E-state index is 12.8. The molecular weight excluding hydrogens is 227 g/mol. The van der Waals surface area contributed by atoms with Crippen LogP contribution in [0.4, 0.5) is 13.2 Å². The number of hydrogen-bond acceptors (Lipinski definition) is 3. The molecule has 3 N–H and O–H groups in total. The smallest absolute Gasteiger partial charge is 0.375 e. The highest BCUT2D eigenvalue weighted by atomic mass is 32.1. The Morgan fingerprint density at radius 1 is 1.53 bits per heavy atom. The highest BCUT2D eigenvalue weighted by Gasteiger charge is 2.58. The fourth-order valence-electron chi connectivity index (χ4n) is 1.36. The molecule has 0 spiro atoms. The summed E-state index contributed by atoms with van der Waals surface area (Å²) in [5.41, 5.74) is 2.23. The van der Waals surface area contributed by atoms with Crippen molar-refractivity contribution < 1.29 is 18.3 Å². The fraction of sp³-hybridized carbons (Fsp3) is 0.556. The Hall–Kier alpha value is -0.590. The van der Waals surface area contributed by atoms with Gasteiger partial charge in [-0.3, -0.25) is 0 Å². The molecule has 1 rings (SSSR count). The van der Waals surface area contributed by atoms with Gasteiger partial charge in [-0.15, -0.1) is 0 Å². The third-order valence-corrected chi connectivity index (χ3v) is 3.05. The lowest BCUT2D eigenvalue weighted by Crippen LogP contribution is -2.55. The summed E-state index contributed by atoms with van der Waals surface area (Å²) in [6.45, 7) is 1.51. The van der Waals surface area contributed by atoms with Crippen LogP contribution >= 0.6 is 11.3 Å². The van der Waals surface area contributed by atoms with Gasteiger partial charge < -0.3 is 10.8 Å². The molecule has 0 amide bonds. The summed E-state index contributed by atoms with van der Waals surface area (Å²) in [6.07, 6.45) is -4.71. The highest BCUT2D eigenvalue weighted by molar-refractivity contribution is 7.08. The van der Waals surface area contributed by atoms with Crippen LogP contribution in [0.5, 0.6) is 0 Å². The number of hydrogen-bond donors (Lipinski definition) is 2. The quantitative estimate of drug-likeness (QED) is 0.849. The number of nitrogens with two attached hydrogens (primary N) is 1. The van der Waals surface area contributed by atoms with Crippen LogP contribution in [0.15, 0.2) is 16.8 Å². The molecule has 2 unspecified atom stereocenters. The van der Waals surface area contributed by atoms with Crippen LogP contribution in [0.3, 0.4) is 0 Å². The Labute approximate surface area is 89.5 Å². The summed E-state index contributed by atoms with van der Waals surface area (Å²) in [4.78, 5) is 0. The maximum atomic E-state index is 12.8. The maximum Gasteiger partial charge on any atom is 0.423 e. The summed E-state index contributed by atoms with van der Waals surface area (Å²) in [7, 11) is 0. The summed E-state index contributed by atoms with van der Waals surface area (Å²) < 4.78 is 38.3. The Balaban J connectivity index is 3.19. The van der Waals surface area contributed by atoms with Crippen LogP contribution in [-0.2, 0) is 5.60 Å². The van der Waals surface area contributed by atoms with Gasteiger partial charge in [0.2, 0.25) is 5.60 Å². The number of alkyl halides is 3. The van der Waals surface area contributed by atoms with Gasteiger partial charge in [0.25, 0.3) is 0 Å². The van der Waals surface area contributed by atoms with E-state index >= 15 is 0 Å². The molecular formula is C9H12F3NOS. The van der Waals surface area contributed by atoms with E-state index in [0.29, 0.717) is 0 Å². The van der Waals surface area contributed by atoms with Crippen molar-refractivity contribution in [3.63, 3.8) is 0 Å². The van der Waals surface area contributed by atoms with Gasteiger partial charge in [0.1, 0.15) is 0 Å². The Bertz CT molecular complexity index is 312. The van der Waals surface area contributed by atoms with Crippen LogP contribution in [-0.4, -0.2) is 17.3 Å². The Morgan fingerprint density at radius 2 is 2.13 bits per heavy atom. The fourth-order valence-corrected chi connectivity index (χ4v) is 2.07. The Kier molecular flexibility index (Phi) is 3.42. The first-order chi connectivity index (χ1) is 6.84. The van der Waals surface area contributed by atoms with Crippen molar-refractivity contribution in [2.24, 2.45) is 5.73 Å². The van der Waals surface area contributed by atoms with E-state index in [1.54, 1.807) is 0 Å². The molecule has 2 nitrogen and oxygen atoms in total. The van der Waals surface area contributed by atoms with E-state index in [9.17, 15) is 18.3 Å². The van der Waals surface area contributed by atoms with Crippen LogP contribution in [0, 0.1) is 0 Å². The molecule has 1 aromatic rings. The topological polar surface area (TPSA) is 46.2 Å². The minimum absolute atomic E-state index is 0.0475. The first-order valence-corrected chi connectivity index (χ1v) is 5.35. The van der Waals surface area contributed by atoms with Gasteiger partial charge in [0.15, 0.2) is 0 Å². The zero-order valence-corrected chi connectivity index (χ0v) is 8.90. The number of aliphatic hydroxyl groups is 1. The van der Waals surface area contributed by atoms with Crippen LogP contribution in [0.25, 0.3) is 0 Å². The van der Waals surface area contributed by atoms with Crippen molar-refractivity contribution in [2.45, 2.75) is 31.2 Å². The molecule has 2 atom stereocenters. The first-order valence-electron chi connectivity index (χ1n) is 4.41. The molecule has 0 radical (unpaired) electrons. The molecule has 1 heterocycles. The lowest BCUT2D eigenvalue weighted by atomic mass is 9.86. The van der Waals surface area contributed by atoms with Crippen LogP contribution in [0.2, 0.25) is 0 Å². The minimum atomic E-state index is -4.76. The molecule has 0 aliphatic rings. The second kappa shape index (κ2) is 4.11. The van der Waals surface area contributed by atoms with Gasteiger partial charge in [-0.2, -0.15) is 24.5 Å². The zero-order valence-electron chi connectivity index (χ0n) is 8.08. The van der Waals surface area contributed by atoms with Gasteiger partial charge in [0.05, 0.1) is 0 Å². The molecule has 0 aromatic carbocycles. The van der Waals surface area contributed by atoms with Crippen LogP contribution in [0.1, 0.15) is 18.9 Å². The predicted octanol–water partition coefficient (Wildman–Crippen LogP) is 2.24. The molecule has 86 valence electrons. The van der Waals surface area contributed by atoms with Crippen molar-refractivity contribution in [2.75, 3.05) is 0 Å². The van der Waals surface area contributed by atoms with Gasteiger partial charge in [0, 0.05) is 11.6 Å². The normalized spacial score (nSPS) is 18.5. The van der Waals surface area contributed by atoms with Crippen molar-refractivity contribution in [3.05, 3.63) is 22.4 Å². The number of thiophene rings is 1. The summed E-state index contributed by atoms with van der Waals surface area (Å²) >= 11 is 1.09. The van der Waals surface area contributed by atoms with Crippen molar-refractivity contribution >= 4 is 11.3 Å². The van der Waals surface area contributed by atoms with Gasteiger partial charge >= 0.3 is 6.18 Å². The molecule has 15 heavy (non-hydrogen) atoms. The summed E-state index contributed by atoms with van der Waals surface area (Å²) in [6, 6.07) is -0.111. The van der Waals surface area contributed by atoms with Crippen molar-refractivity contribution in [3.8, 4) is 0 Å². The van der Waals surface area contributed by atoms with Crippen molar-refractivity contribution in [1.82, 2.24) is 0 Å². The summed E-state index contributed by atoms with van der Waals surface area (Å²) in [5, 5.41) is 12.5. The average molecular weight is 239 g/mol. The highest BCUT2D eigenvalue weighted by Crippen LogP contribution is 2.42. The molecule has 0 saturated heterocycles. The Morgan fingerprint density at radius 3 is 2.47 bits per heavy atom. The largest absolute Gasteiger partial charge is 0.423 e. The molecule has 0 saturated carbocycles. The third kappa shape index (κ3) is 2.02. The standard InChI is InChI=1S/C9H12F3NOS/c1-2-7(13)8(14,9(10,11)12)6-3-4-15-5-6/h3-5,7,14H,2,13H2,1H3. The first kappa shape index (κ1) is 12.5. The number of halogens is 3. The molecule has 0 fully saturated rings.